The Hall–Kier alpha value is -1.85. The van der Waals surface area contributed by atoms with Crippen LogP contribution in [0.15, 0.2) is 11.6 Å². The Morgan fingerprint density at radius 3 is 2.25 bits per heavy atom. The van der Waals surface area contributed by atoms with E-state index in [1.807, 2.05) is 0 Å². The van der Waals surface area contributed by atoms with Gasteiger partial charge in [0.15, 0.2) is 0 Å². The number of carbonyl (C=O) groups excluding carboxylic acids is 3. The highest BCUT2D eigenvalue weighted by Crippen LogP contribution is 2.38. The average molecular weight is 284 g/mol. The van der Waals surface area contributed by atoms with Crippen molar-refractivity contribution in [3.63, 3.8) is 0 Å². The number of esters is 3. The molecule has 6 heteroatoms. The van der Waals surface area contributed by atoms with Crippen LogP contribution >= 0.6 is 0 Å². The molecule has 1 fully saturated rings. The third-order valence-electron chi connectivity index (χ3n) is 2.89. The van der Waals surface area contributed by atoms with E-state index in [-0.39, 0.29) is 6.61 Å². The standard InChI is InChI=1S/C14H20O6/c1-4-18-13(17)9-12-7-5-6-8-14(12,19-10(2)15)20-11(3)16/h9H,4-8H2,1-3H3/b12-9+. The van der Waals surface area contributed by atoms with E-state index in [4.69, 9.17) is 14.2 Å². The van der Waals surface area contributed by atoms with Crippen LogP contribution in [0.5, 0.6) is 0 Å². The Morgan fingerprint density at radius 1 is 1.15 bits per heavy atom. The summed E-state index contributed by atoms with van der Waals surface area (Å²) in [6.07, 6.45) is 3.68. The van der Waals surface area contributed by atoms with Crippen molar-refractivity contribution in [3.8, 4) is 0 Å². The first kappa shape index (κ1) is 16.2. The first-order chi connectivity index (χ1) is 9.39. The van der Waals surface area contributed by atoms with E-state index in [1.165, 1.54) is 19.9 Å². The van der Waals surface area contributed by atoms with Crippen molar-refractivity contribution in [3.05, 3.63) is 11.6 Å². The van der Waals surface area contributed by atoms with Gasteiger partial charge < -0.3 is 14.2 Å². The molecule has 0 unspecified atom stereocenters. The molecule has 0 atom stereocenters. The minimum Gasteiger partial charge on any atom is -0.463 e. The number of hydrogen-bond donors (Lipinski definition) is 0. The second kappa shape index (κ2) is 7.07. The molecule has 0 radical (unpaired) electrons. The fourth-order valence-electron chi connectivity index (χ4n) is 2.25. The Bertz CT molecular complexity index is 407. The molecular formula is C14H20O6. The lowest BCUT2D eigenvalue weighted by Crippen LogP contribution is -2.43. The fraction of sp³-hybridized carbons (Fsp3) is 0.643. The van der Waals surface area contributed by atoms with Crippen molar-refractivity contribution >= 4 is 17.9 Å². The van der Waals surface area contributed by atoms with Crippen molar-refractivity contribution in [1.82, 2.24) is 0 Å². The molecule has 0 aromatic carbocycles. The molecule has 0 aliphatic heterocycles. The molecule has 0 saturated heterocycles. The minimum atomic E-state index is -1.47. The van der Waals surface area contributed by atoms with Crippen molar-refractivity contribution in [2.24, 2.45) is 0 Å². The van der Waals surface area contributed by atoms with Crippen molar-refractivity contribution in [2.75, 3.05) is 6.61 Å². The number of ether oxygens (including phenoxy) is 3. The molecule has 1 aliphatic rings. The zero-order valence-corrected chi connectivity index (χ0v) is 12.1. The zero-order valence-electron chi connectivity index (χ0n) is 12.1. The van der Waals surface area contributed by atoms with Crippen LogP contribution in [0, 0.1) is 0 Å². The average Bonchev–Trinajstić information content (AvgIpc) is 2.30. The van der Waals surface area contributed by atoms with Gasteiger partial charge in [-0.1, -0.05) is 0 Å². The first-order valence-corrected chi connectivity index (χ1v) is 6.66. The quantitative estimate of drug-likeness (QED) is 0.445. The molecular weight excluding hydrogens is 264 g/mol. The molecule has 0 aromatic rings. The van der Waals surface area contributed by atoms with Crippen LogP contribution in [0.4, 0.5) is 0 Å². The van der Waals surface area contributed by atoms with Crippen molar-refractivity contribution in [2.45, 2.75) is 52.2 Å². The van der Waals surface area contributed by atoms with Gasteiger partial charge in [-0.2, -0.15) is 0 Å². The van der Waals surface area contributed by atoms with Crippen LogP contribution in [-0.2, 0) is 28.6 Å². The zero-order chi connectivity index (χ0) is 15.2. The van der Waals surface area contributed by atoms with Gasteiger partial charge in [-0.25, -0.2) is 4.79 Å². The Morgan fingerprint density at radius 2 is 1.75 bits per heavy atom. The van der Waals surface area contributed by atoms with Crippen LogP contribution in [0.3, 0.4) is 0 Å². The predicted octanol–water partition coefficient (Wildman–Crippen LogP) is 1.87. The number of carbonyl (C=O) groups is 3. The van der Waals surface area contributed by atoms with Crippen LogP contribution in [0.1, 0.15) is 46.5 Å². The molecule has 1 rings (SSSR count). The number of rotatable bonds is 4. The molecule has 0 spiro atoms. The SMILES string of the molecule is CCOC(=O)/C=C1\CCCCC1(OC(C)=O)OC(C)=O. The van der Waals surface area contributed by atoms with Gasteiger partial charge in [-0.3, -0.25) is 9.59 Å². The molecule has 1 saturated carbocycles. The third kappa shape index (κ3) is 4.36. The minimum absolute atomic E-state index is 0.247. The summed E-state index contributed by atoms with van der Waals surface area (Å²) in [5, 5.41) is 0. The second-order valence-corrected chi connectivity index (χ2v) is 4.57. The van der Waals surface area contributed by atoms with Crippen LogP contribution < -0.4 is 0 Å². The van der Waals surface area contributed by atoms with Gasteiger partial charge >= 0.3 is 17.9 Å². The largest absolute Gasteiger partial charge is 0.463 e. The van der Waals surface area contributed by atoms with Gasteiger partial charge in [0.25, 0.3) is 5.79 Å². The predicted molar refractivity (Wildman–Crippen MR) is 69.4 cm³/mol. The van der Waals surface area contributed by atoms with Gasteiger partial charge in [0, 0.05) is 31.9 Å². The highest BCUT2D eigenvalue weighted by atomic mass is 16.7. The topological polar surface area (TPSA) is 78.9 Å². The smallest absolute Gasteiger partial charge is 0.330 e. The van der Waals surface area contributed by atoms with E-state index in [9.17, 15) is 14.4 Å². The van der Waals surface area contributed by atoms with Crippen LogP contribution in [0.25, 0.3) is 0 Å². The summed E-state index contributed by atoms with van der Waals surface area (Å²) >= 11 is 0. The lowest BCUT2D eigenvalue weighted by atomic mass is 9.88. The summed E-state index contributed by atoms with van der Waals surface area (Å²) < 4.78 is 15.3. The van der Waals surface area contributed by atoms with Crippen LogP contribution in [-0.4, -0.2) is 30.3 Å². The number of hydrogen-bond acceptors (Lipinski definition) is 6. The van der Waals surface area contributed by atoms with E-state index in [0.717, 1.165) is 12.8 Å². The molecule has 0 N–H and O–H groups in total. The molecule has 0 heterocycles. The lowest BCUT2D eigenvalue weighted by Gasteiger charge is -2.37. The molecule has 0 bridgehead atoms. The summed E-state index contributed by atoms with van der Waals surface area (Å²) in [7, 11) is 0. The van der Waals surface area contributed by atoms with E-state index in [0.29, 0.717) is 18.4 Å². The van der Waals surface area contributed by atoms with Crippen LogP contribution in [0.2, 0.25) is 0 Å². The third-order valence-corrected chi connectivity index (χ3v) is 2.89. The lowest BCUT2D eigenvalue weighted by molar-refractivity contribution is -0.218. The fourth-order valence-corrected chi connectivity index (χ4v) is 2.25. The molecule has 1 aliphatic carbocycles. The molecule has 0 aromatic heterocycles. The molecule has 20 heavy (non-hydrogen) atoms. The van der Waals surface area contributed by atoms with Gasteiger partial charge in [0.05, 0.1) is 6.61 Å². The molecule has 0 amide bonds. The molecule has 112 valence electrons. The normalized spacial score (nSPS) is 19.2. The highest BCUT2D eigenvalue weighted by Gasteiger charge is 2.43. The van der Waals surface area contributed by atoms with Gasteiger partial charge in [0.2, 0.25) is 0 Å². The Balaban J connectivity index is 3.09. The maximum absolute atomic E-state index is 11.6. The monoisotopic (exact) mass is 284 g/mol. The van der Waals surface area contributed by atoms with Crippen molar-refractivity contribution in [1.29, 1.82) is 0 Å². The first-order valence-electron chi connectivity index (χ1n) is 6.66. The summed E-state index contributed by atoms with van der Waals surface area (Å²) in [4.78, 5) is 34.2. The van der Waals surface area contributed by atoms with Gasteiger partial charge in [0.1, 0.15) is 0 Å². The summed E-state index contributed by atoms with van der Waals surface area (Å²) in [5.41, 5.74) is 0.465. The van der Waals surface area contributed by atoms with E-state index in [2.05, 4.69) is 0 Å². The molecule has 6 nitrogen and oxygen atoms in total. The summed E-state index contributed by atoms with van der Waals surface area (Å²) in [6.45, 7) is 4.42. The summed E-state index contributed by atoms with van der Waals surface area (Å²) in [6, 6.07) is 0. The van der Waals surface area contributed by atoms with Gasteiger partial charge in [-0.05, 0) is 26.2 Å². The van der Waals surface area contributed by atoms with E-state index >= 15 is 0 Å². The van der Waals surface area contributed by atoms with E-state index < -0.39 is 23.7 Å². The van der Waals surface area contributed by atoms with Gasteiger partial charge in [-0.15, -0.1) is 0 Å². The summed E-state index contributed by atoms with van der Waals surface area (Å²) in [5.74, 6) is -3.14. The highest BCUT2D eigenvalue weighted by molar-refractivity contribution is 5.83. The van der Waals surface area contributed by atoms with E-state index in [1.54, 1.807) is 6.92 Å². The Labute approximate surface area is 118 Å². The maximum atomic E-state index is 11.6. The Kier molecular flexibility index (Phi) is 5.73. The van der Waals surface area contributed by atoms with Crippen molar-refractivity contribution < 1.29 is 28.6 Å². The second-order valence-electron chi connectivity index (χ2n) is 4.57. The maximum Gasteiger partial charge on any atom is 0.330 e.